The summed E-state index contributed by atoms with van der Waals surface area (Å²) in [6.45, 7) is 4.05. The van der Waals surface area contributed by atoms with Crippen LogP contribution < -0.4 is 5.32 Å². The molecule has 1 amide bonds. The molecule has 7 nitrogen and oxygen atoms in total. The topological polar surface area (TPSA) is 101 Å². The number of H-pyrrole nitrogens is 1. The number of rotatable bonds is 5. The van der Waals surface area contributed by atoms with E-state index in [1.807, 2.05) is 31.4 Å². The van der Waals surface area contributed by atoms with Gasteiger partial charge in [-0.2, -0.15) is 5.10 Å². The van der Waals surface area contributed by atoms with Crippen molar-refractivity contribution in [3.8, 4) is 0 Å². The minimum atomic E-state index is -0.489. The first kappa shape index (κ1) is 16.1. The van der Waals surface area contributed by atoms with Crippen molar-refractivity contribution in [1.29, 1.82) is 0 Å². The Morgan fingerprint density at radius 3 is 2.79 bits per heavy atom. The van der Waals surface area contributed by atoms with Gasteiger partial charge in [-0.25, -0.2) is 0 Å². The Hall–Kier alpha value is -2.74. The second kappa shape index (κ2) is 6.40. The molecule has 2 heterocycles. The van der Waals surface area contributed by atoms with E-state index in [-0.39, 0.29) is 29.2 Å². The van der Waals surface area contributed by atoms with Crippen molar-refractivity contribution in [3.05, 3.63) is 56.4 Å². The SMILES string of the molecule is CC(C)C(NC(=O)c1n[nH]c2ccc([N+](=O)[O-])cc12)c1cccs1. The van der Waals surface area contributed by atoms with Crippen LogP contribution in [0.5, 0.6) is 0 Å². The fourth-order valence-corrected chi connectivity index (χ4v) is 3.48. The highest BCUT2D eigenvalue weighted by atomic mass is 32.1. The van der Waals surface area contributed by atoms with Crippen LogP contribution in [0.4, 0.5) is 5.69 Å². The smallest absolute Gasteiger partial charge is 0.272 e. The number of aromatic nitrogens is 2. The fraction of sp³-hybridized carbons (Fsp3) is 0.250. The monoisotopic (exact) mass is 344 g/mol. The van der Waals surface area contributed by atoms with E-state index in [4.69, 9.17) is 0 Å². The Morgan fingerprint density at radius 1 is 1.38 bits per heavy atom. The lowest BCUT2D eigenvalue weighted by molar-refractivity contribution is -0.384. The minimum Gasteiger partial charge on any atom is -0.343 e. The van der Waals surface area contributed by atoms with Crippen LogP contribution >= 0.6 is 11.3 Å². The number of hydrogen-bond donors (Lipinski definition) is 2. The first-order valence-electron chi connectivity index (χ1n) is 7.44. The quantitative estimate of drug-likeness (QED) is 0.545. The van der Waals surface area contributed by atoms with Gasteiger partial charge >= 0.3 is 0 Å². The number of hydrogen-bond acceptors (Lipinski definition) is 5. The Labute approximate surface area is 141 Å². The predicted molar refractivity (Wildman–Crippen MR) is 92.1 cm³/mol. The Bertz CT molecular complexity index is 886. The van der Waals surface area contributed by atoms with Gasteiger partial charge in [0.2, 0.25) is 0 Å². The van der Waals surface area contributed by atoms with E-state index in [1.54, 1.807) is 17.4 Å². The van der Waals surface area contributed by atoms with E-state index in [2.05, 4.69) is 15.5 Å². The van der Waals surface area contributed by atoms with Crippen molar-refractivity contribution in [2.45, 2.75) is 19.9 Å². The average molecular weight is 344 g/mol. The first-order chi connectivity index (χ1) is 11.5. The predicted octanol–water partition coefficient (Wildman–Crippen LogP) is 3.66. The van der Waals surface area contributed by atoms with Crippen LogP contribution in [0, 0.1) is 16.0 Å². The van der Waals surface area contributed by atoms with Crippen molar-refractivity contribution in [2.24, 2.45) is 5.92 Å². The second-order valence-electron chi connectivity index (χ2n) is 5.77. The number of fused-ring (bicyclic) bond motifs is 1. The van der Waals surface area contributed by atoms with Gasteiger partial charge in [-0.05, 0) is 23.4 Å². The van der Waals surface area contributed by atoms with Crippen molar-refractivity contribution in [2.75, 3.05) is 0 Å². The third-order valence-corrected chi connectivity index (χ3v) is 4.73. The lowest BCUT2D eigenvalue weighted by Crippen LogP contribution is -2.31. The molecule has 2 N–H and O–H groups in total. The zero-order valence-electron chi connectivity index (χ0n) is 13.1. The molecule has 0 aliphatic carbocycles. The van der Waals surface area contributed by atoms with Crippen LogP contribution in [0.2, 0.25) is 0 Å². The minimum absolute atomic E-state index is 0.0726. The zero-order valence-corrected chi connectivity index (χ0v) is 14.0. The standard InChI is InChI=1S/C16H16N4O3S/c1-9(2)14(13-4-3-7-24-13)17-16(21)15-11-8-10(20(22)23)5-6-12(11)18-19-15/h3-9,14H,1-2H3,(H,17,21)(H,18,19). The number of thiophene rings is 1. The van der Waals surface area contributed by atoms with Crippen LogP contribution in [-0.4, -0.2) is 21.0 Å². The average Bonchev–Trinajstić information content (AvgIpc) is 3.20. The summed E-state index contributed by atoms with van der Waals surface area (Å²) in [5.41, 5.74) is 0.676. The van der Waals surface area contributed by atoms with Crippen LogP contribution in [-0.2, 0) is 0 Å². The molecular formula is C16H16N4O3S. The second-order valence-corrected chi connectivity index (χ2v) is 6.75. The highest BCUT2D eigenvalue weighted by Crippen LogP contribution is 2.27. The van der Waals surface area contributed by atoms with Crippen molar-refractivity contribution >= 4 is 33.8 Å². The summed E-state index contributed by atoms with van der Waals surface area (Å²) in [6, 6.07) is 8.07. The third kappa shape index (κ3) is 3.00. The normalized spacial score (nSPS) is 12.5. The number of non-ortho nitro benzene ring substituents is 1. The molecule has 3 rings (SSSR count). The van der Waals surface area contributed by atoms with Crippen molar-refractivity contribution in [3.63, 3.8) is 0 Å². The number of carbonyl (C=O) groups excluding carboxylic acids is 1. The Balaban J connectivity index is 1.93. The molecule has 1 atom stereocenters. The molecule has 124 valence electrons. The van der Waals surface area contributed by atoms with Gasteiger partial charge in [0.05, 0.1) is 16.5 Å². The van der Waals surface area contributed by atoms with Gasteiger partial charge in [-0.15, -0.1) is 11.3 Å². The molecule has 8 heteroatoms. The number of benzene rings is 1. The molecule has 0 saturated heterocycles. The molecule has 0 aliphatic rings. The van der Waals surface area contributed by atoms with Gasteiger partial charge in [-0.1, -0.05) is 19.9 Å². The number of nitrogens with zero attached hydrogens (tertiary/aromatic N) is 2. The molecule has 24 heavy (non-hydrogen) atoms. The number of nitro benzene ring substituents is 1. The molecule has 3 aromatic rings. The highest BCUT2D eigenvalue weighted by molar-refractivity contribution is 7.10. The van der Waals surface area contributed by atoms with Gasteiger partial charge in [0.1, 0.15) is 0 Å². The van der Waals surface area contributed by atoms with Gasteiger partial charge < -0.3 is 5.32 Å². The number of carbonyl (C=O) groups is 1. The van der Waals surface area contributed by atoms with Gasteiger partial charge in [-0.3, -0.25) is 20.0 Å². The van der Waals surface area contributed by atoms with E-state index in [0.29, 0.717) is 10.9 Å². The molecule has 0 bridgehead atoms. The number of amides is 1. The molecule has 0 saturated carbocycles. The van der Waals surface area contributed by atoms with Crippen LogP contribution in [0.15, 0.2) is 35.7 Å². The van der Waals surface area contributed by atoms with Crippen LogP contribution in [0.25, 0.3) is 10.9 Å². The maximum Gasteiger partial charge on any atom is 0.272 e. The molecule has 0 radical (unpaired) electrons. The summed E-state index contributed by atoms with van der Waals surface area (Å²) in [5, 5.41) is 23.1. The Morgan fingerprint density at radius 2 is 2.17 bits per heavy atom. The number of aromatic amines is 1. The highest BCUT2D eigenvalue weighted by Gasteiger charge is 2.23. The van der Waals surface area contributed by atoms with Crippen LogP contribution in [0.1, 0.15) is 35.3 Å². The maximum atomic E-state index is 12.7. The molecule has 1 aromatic carbocycles. The van der Waals surface area contributed by atoms with Gasteiger partial charge in [0, 0.05) is 22.4 Å². The molecular weight excluding hydrogens is 328 g/mol. The van der Waals surface area contributed by atoms with Crippen molar-refractivity contribution in [1.82, 2.24) is 15.5 Å². The summed E-state index contributed by atoms with van der Waals surface area (Å²) in [4.78, 5) is 24.2. The summed E-state index contributed by atoms with van der Waals surface area (Å²) in [6.07, 6.45) is 0. The molecule has 2 aromatic heterocycles. The van der Waals surface area contributed by atoms with E-state index >= 15 is 0 Å². The van der Waals surface area contributed by atoms with E-state index < -0.39 is 4.92 Å². The summed E-state index contributed by atoms with van der Waals surface area (Å²) < 4.78 is 0. The van der Waals surface area contributed by atoms with Crippen molar-refractivity contribution < 1.29 is 9.72 Å². The lowest BCUT2D eigenvalue weighted by atomic mass is 10.0. The van der Waals surface area contributed by atoms with Gasteiger partial charge in [0.25, 0.3) is 11.6 Å². The largest absolute Gasteiger partial charge is 0.343 e. The van der Waals surface area contributed by atoms with E-state index in [1.165, 1.54) is 12.1 Å². The number of nitro groups is 1. The lowest BCUT2D eigenvalue weighted by Gasteiger charge is -2.20. The van der Waals surface area contributed by atoms with Gasteiger partial charge in [0.15, 0.2) is 5.69 Å². The molecule has 0 fully saturated rings. The first-order valence-corrected chi connectivity index (χ1v) is 8.32. The maximum absolute atomic E-state index is 12.7. The molecule has 1 unspecified atom stereocenters. The Kier molecular flexibility index (Phi) is 4.30. The zero-order chi connectivity index (χ0) is 17.3. The van der Waals surface area contributed by atoms with E-state index in [0.717, 1.165) is 4.88 Å². The van der Waals surface area contributed by atoms with E-state index in [9.17, 15) is 14.9 Å². The summed E-state index contributed by atoms with van der Waals surface area (Å²) in [5.74, 6) is -0.152. The number of nitrogens with one attached hydrogen (secondary N) is 2. The molecule has 0 aliphatic heterocycles. The molecule has 0 spiro atoms. The fourth-order valence-electron chi connectivity index (χ4n) is 2.53. The van der Waals surface area contributed by atoms with Crippen LogP contribution in [0.3, 0.4) is 0 Å². The summed E-state index contributed by atoms with van der Waals surface area (Å²) in [7, 11) is 0. The summed E-state index contributed by atoms with van der Waals surface area (Å²) >= 11 is 1.58. The third-order valence-electron chi connectivity index (χ3n) is 3.78.